The SMILES string of the molecule is N#C/C(=C/c1ccc[nH]1)c1nnc2n1CCCCC2. The molecule has 0 saturated heterocycles. The van der Waals surface area contributed by atoms with E-state index in [-0.39, 0.29) is 0 Å². The molecule has 3 rings (SSSR count). The minimum Gasteiger partial charge on any atom is -0.362 e. The van der Waals surface area contributed by atoms with E-state index in [4.69, 9.17) is 0 Å². The third kappa shape index (κ3) is 2.29. The summed E-state index contributed by atoms with van der Waals surface area (Å²) in [5.41, 5.74) is 1.46. The third-order valence-electron chi connectivity index (χ3n) is 3.39. The van der Waals surface area contributed by atoms with Crippen LogP contribution in [0.1, 0.15) is 36.6 Å². The van der Waals surface area contributed by atoms with E-state index in [1.165, 1.54) is 6.42 Å². The highest BCUT2D eigenvalue weighted by Gasteiger charge is 2.17. The van der Waals surface area contributed by atoms with Crippen molar-refractivity contribution in [1.29, 1.82) is 5.26 Å². The molecule has 0 atom stereocenters. The number of hydrogen-bond acceptors (Lipinski definition) is 3. The van der Waals surface area contributed by atoms with Crippen LogP contribution in [0.2, 0.25) is 0 Å². The summed E-state index contributed by atoms with van der Waals surface area (Å²) in [6.07, 6.45) is 8.10. The van der Waals surface area contributed by atoms with E-state index >= 15 is 0 Å². The van der Waals surface area contributed by atoms with Crippen molar-refractivity contribution in [3.63, 3.8) is 0 Å². The maximum atomic E-state index is 9.36. The Balaban J connectivity index is 2.01. The van der Waals surface area contributed by atoms with Crippen LogP contribution in [0.25, 0.3) is 11.6 Å². The Labute approximate surface area is 111 Å². The van der Waals surface area contributed by atoms with Crippen molar-refractivity contribution in [3.05, 3.63) is 35.7 Å². The molecule has 5 nitrogen and oxygen atoms in total. The number of nitriles is 1. The number of allylic oxidation sites excluding steroid dienone is 1. The first-order chi connectivity index (χ1) is 9.38. The van der Waals surface area contributed by atoms with Gasteiger partial charge in [-0.25, -0.2) is 0 Å². The van der Waals surface area contributed by atoms with Crippen molar-refractivity contribution in [3.8, 4) is 6.07 Å². The van der Waals surface area contributed by atoms with Gasteiger partial charge in [0, 0.05) is 24.9 Å². The molecule has 0 radical (unpaired) electrons. The van der Waals surface area contributed by atoms with Crippen molar-refractivity contribution in [1.82, 2.24) is 19.7 Å². The zero-order valence-corrected chi connectivity index (χ0v) is 10.6. The van der Waals surface area contributed by atoms with Gasteiger partial charge in [-0.2, -0.15) is 5.26 Å². The molecule has 19 heavy (non-hydrogen) atoms. The maximum Gasteiger partial charge on any atom is 0.174 e. The normalized spacial score (nSPS) is 15.6. The molecule has 2 aromatic rings. The quantitative estimate of drug-likeness (QED) is 0.835. The zero-order chi connectivity index (χ0) is 13.1. The van der Waals surface area contributed by atoms with Gasteiger partial charge in [0.2, 0.25) is 0 Å². The van der Waals surface area contributed by atoms with Crippen LogP contribution in [-0.4, -0.2) is 19.7 Å². The molecule has 5 heteroatoms. The molecule has 0 fully saturated rings. The lowest BCUT2D eigenvalue weighted by Gasteiger charge is -2.05. The first-order valence-corrected chi connectivity index (χ1v) is 6.56. The molecule has 1 aliphatic rings. The van der Waals surface area contributed by atoms with Gasteiger partial charge in [-0.3, -0.25) is 0 Å². The van der Waals surface area contributed by atoms with Gasteiger partial charge >= 0.3 is 0 Å². The van der Waals surface area contributed by atoms with Crippen molar-refractivity contribution in [2.75, 3.05) is 0 Å². The van der Waals surface area contributed by atoms with Crippen LogP contribution in [0.4, 0.5) is 0 Å². The number of hydrogen-bond donors (Lipinski definition) is 1. The molecule has 0 aromatic carbocycles. The van der Waals surface area contributed by atoms with Gasteiger partial charge in [-0.05, 0) is 31.1 Å². The number of aryl methyl sites for hydroxylation is 1. The predicted molar refractivity (Wildman–Crippen MR) is 71.9 cm³/mol. The molecule has 3 heterocycles. The molecule has 1 aliphatic heterocycles. The molecule has 0 spiro atoms. The lowest BCUT2D eigenvalue weighted by Crippen LogP contribution is -2.05. The van der Waals surface area contributed by atoms with Gasteiger partial charge in [0.05, 0.1) is 5.57 Å². The molecule has 96 valence electrons. The first-order valence-electron chi connectivity index (χ1n) is 6.56. The Morgan fingerprint density at radius 1 is 1.37 bits per heavy atom. The first kappa shape index (κ1) is 11.7. The fraction of sp³-hybridized carbons (Fsp3) is 0.357. The Hall–Kier alpha value is -2.35. The lowest BCUT2D eigenvalue weighted by molar-refractivity contribution is 0.627. The molecule has 0 aliphatic carbocycles. The number of nitrogens with zero attached hydrogens (tertiary/aromatic N) is 4. The van der Waals surface area contributed by atoms with E-state index in [0.29, 0.717) is 11.4 Å². The number of fused-ring (bicyclic) bond motifs is 1. The van der Waals surface area contributed by atoms with Crippen LogP contribution >= 0.6 is 0 Å². The number of rotatable bonds is 2. The Morgan fingerprint density at radius 3 is 3.11 bits per heavy atom. The summed E-state index contributed by atoms with van der Waals surface area (Å²) < 4.78 is 2.09. The largest absolute Gasteiger partial charge is 0.362 e. The minimum atomic E-state index is 0.558. The van der Waals surface area contributed by atoms with E-state index in [1.54, 1.807) is 0 Å². The Bertz CT molecular complexity index is 627. The standard InChI is InChI=1S/C14H15N5/c15-10-11(9-12-5-4-7-16-12)14-18-17-13-6-2-1-3-8-19(13)14/h4-5,7,9,16H,1-3,6,8H2/b11-9-. The van der Waals surface area contributed by atoms with Gasteiger partial charge in [0.15, 0.2) is 5.82 Å². The maximum absolute atomic E-state index is 9.36. The summed E-state index contributed by atoms with van der Waals surface area (Å²) >= 11 is 0. The highest BCUT2D eigenvalue weighted by Crippen LogP contribution is 2.20. The summed E-state index contributed by atoms with van der Waals surface area (Å²) in [4.78, 5) is 3.07. The molecule has 0 amide bonds. The number of aromatic nitrogens is 4. The van der Waals surface area contributed by atoms with Crippen LogP contribution in [0.5, 0.6) is 0 Å². The van der Waals surface area contributed by atoms with E-state index in [0.717, 1.165) is 37.3 Å². The zero-order valence-electron chi connectivity index (χ0n) is 10.6. The second-order valence-electron chi connectivity index (χ2n) is 4.70. The molecule has 0 bridgehead atoms. The van der Waals surface area contributed by atoms with Crippen molar-refractivity contribution in [2.24, 2.45) is 0 Å². The van der Waals surface area contributed by atoms with Crippen LogP contribution < -0.4 is 0 Å². The van der Waals surface area contributed by atoms with E-state index in [2.05, 4.69) is 25.8 Å². The van der Waals surface area contributed by atoms with Crippen LogP contribution in [-0.2, 0) is 13.0 Å². The lowest BCUT2D eigenvalue weighted by atomic mass is 10.2. The minimum absolute atomic E-state index is 0.558. The van der Waals surface area contributed by atoms with Crippen molar-refractivity contribution in [2.45, 2.75) is 32.2 Å². The summed E-state index contributed by atoms with van der Waals surface area (Å²) in [6.45, 7) is 0.904. The van der Waals surface area contributed by atoms with Gasteiger partial charge in [0.1, 0.15) is 11.9 Å². The number of aromatic amines is 1. The average molecular weight is 253 g/mol. The van der Waals surface area contributed by atoms with E-state index in [9.17, 15) is 5.26 Å². The van der Waals surface area contributed by atoms with E-state index in [1.807, 2.05) is 24.4 Å². The number of nitrogens with one attached hydrogen (secondary N) is 1. The van der Waals surface area contributed by atoms with Gasteiger partial charge < -0.3 is 9.55 Å². The molecule has 0 unspecified atom stereocenters. The van der Waals surface area contributed by atoms with Gasteiger partial charge in [0.25, 0.3) is 0 Å². The molecule has 0 saturated carbocycles. The van der Waals surface area contributed by atoms with Crippen LogP contribution in [0, 0.1) is 11.3 Å². The molecule has 1 N–H and O–H groups in total. The monoisotopic (exact) mass is 253 g/mol. The fourth-order valence-corrected chi connectivity index (χ4v) is 2.42. The highest BCUT2D eigenvalue weighted by atomic mass is 15.3. The van der Waals surface area contributed by atoms with Crippen LogP contribution in [0.15, 0.2) is 18.3 Å². The topological polar surface area (TPSA) is 70.3 Å². The van der Waals surface area contributed by atoms with Crippen molar-refractivity contribution < 1.29 is 0 Å². The second-order valence-corrected chi connectivity index (χ2v) is 4.70. The van der Waals surface area contributed by atoms with Gasteiger partial charge in [-0.15, -0.1) is 10.2 Å². The van der Waals surface area contributed by atoms with Crippen molar-refractivity contribution >= 4 is 11.6 Å². The third-order valence-corrected chi connectivity index (χ3v) is 3.39. The average Bonchev–Trinajstić information content (AvgIpc) is 3.01. The van der Waals surface area contributed by atoms with E-state index < -0.39 is 0 Å². The summed E-state index contributed by atoms with van der Waals surface area (Å²) in [6, 6.07) is 6.07. The summed E-state index contributed by atoms with van der Waals surface area (Å²) in [5.74, 6) is 1.69. The predicted octanol–water partition coefficient (Wildman–Crippen LogP) is 2.40. The van der Waals surface area contributed by atoms with Gasteiger partial charge in [-0.1, -0.05) is 6.42 Å². The molecule has 2 aromatic heterocycles. The fourth-order valence-electron chi connectivity index (χ4n) is 2.42. The Morgan fingerprint density at radius 2 is 2.32 bits per heavy atom. The summed E-state index contributed by atoms with van der Waals surface area (Å²) in [7, 11) is 0. The number of H-pyrrole nitrogens is 1. The molecular weight excluding hydrogens is 238 g/mol. The highest BCUT2D eigenvalue weighted by molar-refractivity contribution is 5.86. The smallest absolute Gasteiger partial charge is 0.174 e. The second kappa shape index (κ2) is 5.11. The van der Waals surface area contributed by atoms with Crippen LogP contribution in [0.3, 0.4) is 0 Å². The molecular formula is C14H15N5. The Kier molecular flexibility index (Phi) is 3.15. The summed E-state index contributed by atoms with van der Waals surface area (Å²) in [5, 5.41) is 17.8.